The van der Waals surface area contributed by atoms with E-state index in [1.807, 2.05) is 12.1 Å². The molecule has 0 atom stereocenters. The number of hydrogen-bond acceptors (Lipinski definition) is 4. The second kappa shape index (κ2) is 4.96. The number of halogens is 1. The van der Waals surface area contributed by atoms with Crippen molar-refractivity contribution >= 4 is 23.3 Å². The number of aromatic amines is 1. The SMILES string of the molecule is COc1cc2nc[nH]c(=O)c2cc1C1CNC1.Cl. The van der Waals surface area contributed by atoms with Crippen LogP contribution in [0.4, 0.5) is 0 Å². The van der Waals surface area contributed by atoms with Crippen LogP contribution in [0, 0.1) is 0 Å². The first-order valence-electron chi connectivity index (χ1n) is 5.55. The summed E-state index contributed by atoms with van der Waals surface area (Å²) in [5.74, 6) is 1.23. The fourth-order valence-electron chi connectivity index (χ4n) is 2.12. The van der Waals surface area contributed by atoms with E-state index in [4.69, 9.17) is 4.74 Å². The predicted octanol–water partition coefficient (Wildman–Crippen LogP) is 1.04. The molecule has 1 fully saturated rings. The van der Waals surface area contributed by atoms with Gasteiger partial charge in [-0.3, -0.25) is 4.79 Å². The summed E-state index contributed by atoms with van der Waals surface area (Å²) >= 11 is 0. The second-order valence-corrected chi connectivity index (χ2v) is 4.20. The number of H-pyrrole nitrogens is 1. The van der Waals surface area contributed by atoms with Crippen LogP contribution in [0.1, 0.15) is 11.5 Å². The molecule has 6 heteroatoms. The summed E-state index contributed by atoms with van der Waals surface area (Å²) in [5.41, 5.74) is 1.64. The van der Waals surface area contributed by atoms with Crippen LogP contribution in [-0.2, 0) is 0 Å². The highest BCUT2D eigenvalue weighted by molar-refractivity contribution is 5.85. The molecular weight excluding hydrogens is 254 g/mol. The standard InChI is InChI=1S/C12H13N3O2.ClH/c1-17-11-3-10-9(12(16)15-6-14-10)2-8(11)7-4-13-5-7;/h2-3,6-7,13H,4-5H2,1H3,(H,14,15,16);1H. The lowest BCUT2D eigenvalue weighted by atomic mass is 9.92. The summed E-state index contributed by atoms with van der Waals surface area (Å²) in [6.45, 7) is 1.86. The molecule has 1 saturated heterocycles. The minimum Gasteiger partial charge on any atom is -0.496 e. The van der Waals surface area contributed by atoms with Crippen molar-refractivity contribution in [3.05, 3.63) is 34.4 Å². The average molecular weight is 268 g/mol. The summed E-state index contributed by atoms with van der Waals surface area (Å²) < 4.78 is 5.37. The highest BCUT2D eigenvalue weighted by atomic mass is 35.5. The van der Waals surface area contributed by atoms with Crippen molar-refractivity contribution in [1.29, 1.82) is 0 Å². The van der Waals surface area contributed by atoms with Crippen LogP contribution in [0.15, 0.2) is 23.3 Å². The number of benzene rings is 1. The summed E-state index contributed by atoms with van der Waals surface area (Å²) in [7, 11) is 1.64. The summed E-state index contributed by atoms with van der Waals surface area (Å²) in [5, 5.41) is 3.84. The van der Waals surface area contributed by atoms with Crippen molar-refractivity contribution in [1.82, 2.24) is 15.3 Å². The van der Waals surface area contributed by atoms with E-state index >= 15 is 0 Å². The van der Waals surface area contributed by atoms with Gasteiger partial charge in [-0.05, 0) is 6.07 Å². The smallest absolute Gasteiger partial charge is 0.258 e. The molecule has 0 spiro atoms. The van der Waals surface area contributed by atoms with Crippen molar-refractivity contribution < 1.29 is 4.74 Å². The van der Waals surface area contributed by atoms with Crippen molar-refractivity contribution in [3.63, 3.8) is 0 Å². The molecule has 0 aliphatic carbocycles. The van der Waals surface area contributed by atoms with Crippen LogP contribution < -0.4 is 15.6 Å². The largest absolute Gasteiger partial charge is 0.496 e. The van der Waals surface area contributed by atoms with Gasteiger partial charge >= 0.3 is 0 Å². The van der Waals surface area contributed by atoms with E-state index in [-0.39, 0.29) is 18.0 Å². The van der Waals surface area contributed by atoms with E-state index in [1.54, 1.807) is 7.11 Å². The fraction of sp³-hybridized carbons (Fsp3) is 0.333. The van der Waals surface area contributed by atoms with Crippen LogP contribution in [0.25, 0.3) is 10.9 Å². The zero-order chi connectivity index (χ0) is 11.8. The lowest BCUT2D eigenvalue weighted by Gasteiger charge is -2.28. The van der Waals surface area contributed by atoms with Gasteiger partial charge in [0.2, 0.25) is 0 Å². The van der Waals surface area contributed by atoms with E-state index in [1.165, 1.54) is 6.33 Å². The molecule has 2 heterocycles. The molecule has 0 radical (unpaired) electrons. The molecule has 0 bridgehead atoms. The van der Waals surface area contributed by atoms with Gasteiger partial charge < -0.3 is 15.0 Å². The lowest BCUT2D eigenvalue weighted by Crippen LogP contribution is -2.40. The van der Waals surface area contributed by atoms with Crippen molar-refractivity contribution in [2.45, 2.75) is 5.92 Å². The molecule has 1 aromatic carbocycles. The fourth-order valence-corrected chi connectivity index (χ4v) is 2.12. The Morgan fingerprint density at radius 2 is 2.17 bits per heavy atom. The third-order valence-electron chi connectivity index (χ3n) is 3.21. The molecule has 1 aliphatic rings. The predicted molar refractivity (Wildman–Crippen MR) is 71.8 cm³/mol. The van der Waals surface area contributed by atoms with E-state index in [9.17, 15) is 4.79 Å². The molecule has 1 aromatic heterocycles. The number of methoxy groups -OCH3 is 1. The van der Waals surface area contributed by atoms with Crippen molar-refractivity contribution in [2.24, 2.45) is 0 Å². The molecule has 2 N–H and O–H groups in total. The first-order valence-corrected chi connectivity index (χ1v) is 5.55. The minimum absolute atomic E-state index is 0. The van der Waals surface area contributed by atoms with Gasteiger partial charge in [-0.15, -0.1) is 12.4 Å². The van der Waals surface area contributed by atoms with Gasteiger partial charge in [0.15, 0.2) is 0 Å². The molecule has 18 heavy (non-hydrogen) atoms. The first-order chi connectivity index (χ1) is 8.29. The first kappa shape index (κ1) is 12.9. The molecular formula is C12H14ClN3O2. The lowest BCUT2D eigenvalue weighted by molar-refractivity contribution is 0.386. The topological polar surface area (TPSA) is 67.0 Å². The van der Waals surface area contributed by atoms with E-state index in [2.05, 4.69) is 15.3 Å². The number of fused-ring (bicyclic) bond motifs is 1. The number of rotatable bonds is 2. The molecule has 0 amide bonds. The highest BCUT2D eigenvalue weighted by Gasteiger charge is 2.23. The number of ether oxygens (including phenoxy) is 1. The Bertz CT molecular complexity index is 622. The molecule has 1 aliphatic heterocycles. The van der Waals surface area contributed by atoms with Gasteiger partial charge in [-0.2, -0.15) is 0 Å². The van der Waals surface area contributed by atoms with Crippen molar-refractivity contribution in [2.75, 3.05) is 20.2 Å². The van der Waals surface area contributed by atoms with E-state index < -0.39 is 0 Å². The van der Waals surface area contributed by atoms with Gasteiger partial charge in [-0.25, -0.2) is 4.98 Å². The van der Waals surface area contributed by atoms with Crippen molar-refractivity contribution in [3.8, 4) is 5.75 Å². The molecule has 0 unspecified atom stereocenters. The molecule has 2 aromatic rings. The maximum Gasteiger partial charge on any atom is 0.258 e. The van der Waals surface area contributed by atoms with Crippen LogP contribution in [-0.4, -0.2) is 30.2 Å². The third kappa shape index (κ3) is 1.95. The maximum absolute atomic E-state index is 11.7. The number of nitrogens with one attached hydrogen (secondary N) is 2. The Morgan fingerprint density at radius 3 is 2.78 bits per heavy atom. The summed E-state index contributed by atoms with van der Waals surface area (Å²) in [4.78, 5) is 18.4. The van der Waals surface area contributed by atoms with Gasteiger partial charge in [-0.1, -0.05) is 0 Å². The molecule has 5 nitrogen and oxygen atoms in total. The minimum atomic E-state index is -0.105. The normalized spacial score (nSPS) is 14.9. The number of hydrogen-bond donors (Lipinski definition) is 2. The number of nitrogens with zero attached hydrogens (tertiary/aromatic N) is 1. The number of aromatic nitrogens is 2. The zero-order valence-corrected chi connectivity index (χ0v) is 10.7. The molecule has 3 rings (SSSR count). The maximum atomic E-state index is 11.7. The average Bonchev–Trinajstić information content (AvgIpc) is 2.27. The van der Waals surface area contributed by atoms with E-state index in [0.717, 1.165) is 24.4 Å². The Labute approximate surface area is 110 Å². The van der Waals surface area contributed by atoms with Gasteiger partial charge in [0.05, 0.1) is 24.3 Å². The van der Waals surface area contributed by atoms with Gasteiger partial charge in [0, 0.05) is 30.6 Å². The van der Waals surface area contributed by atoms with Gasteiger partial charge in [0.25, 0.3) is 5.56 Å². The molecule has 96 valence electrons. The summed E-state index contributed by atoms with van der Waals surface area (Å²) in [6, 6.07) is 3.73. The van der Waals surface area contributed by atoms with E-state index in [0.29, 0.717) is 16.8 Å². The second-order valence-electron chi connectivity index (χ2n) is 4.20. The Hall–Kier alpha value is -1.59. The third-order valence-corrected chi connectivity index (χ3v) is 3.21. The summed E-state index contributed by atoms with van der Waals surface area (Å²) in [6.07, 6.45) is 1.41. The monoisotopic (exact) mass is 267 g/mol. The van der Waals surface area contributed by atoms with Crippen LogP contribution >= 0.6 is 12.4 Å². The zero-order valence-electron chi connectivity index (χ0n) is 9.90. The van der Waals surface area contributed by atoms with Crippen LogP contribution in [0.5, 0.6) is 5.75 Å². The Balaban J connectivity index is 0.00000120. The quantitative estimate of drug-likeness (QED) is 0.853. The van der Waals surface area contributed by atoms with Crippen LogP contribution in [0.3, 0.4) is 0 Å². The highest BCUT2D eigenvalue weighted by Crippen LogP contribution is 2.31. The Morgan fingerprint density at radius 1 is 1.39 bits per heavy atom. The van der Waals surface area contributed by atoms with Gasteiger partial charge in [0.1, 0.15) is 5.75 Å². The van der Waals surface area contributed by atoms with Crippen LogP contribution in [0.2, 0.25) is 0 Å². The molecule has 0 saturated carbocycles. The Kier molecular flexibility index (Phi) is 3.54.